The van der Waals surface area contributed by atoms with Crippen LogP contribution in [0.4, 0.5) is 0 Å². The van der Waals surface area contributed by atoms with Crippen LogP contribution in [-0.2, 0) is 0 Å². The Morgan fingerprint density at radius 2 is 2.24 bits per heavy atom. The summed E-state index contributed by atoms with van der Waals surface area (Å²) in [4.78, 5) is 20.3. The molecule has 0 saturated carbocycles. The van der Waals surface area contributed by atoms with Crippen LogP contribution in [-0.4, -0.2) is 35.6 Å². The molecule has 17 heavy (non-hydrogen) atoms. The lowest BCUT2D eigenvalue weighted by Gasteiger charge is -2.04. The zero-order chi connectivity index (χ0) is 11.8. The third kappa shape index (κ3) is 1.36. The van der Waals surface area contributed by atoms with Crippen molar-refractivity contribution in [2.24, 2.45) is 0 Å². The number of pyridine rings is 1. The highest BCUT2D eigenvalue weighted by Crippen LogP contribution is 2.16. The maximum absolute atomic E-state index is 11.1. The van der Waals surface area contributed by atoms with Crippen molar-refractivity contribution in [3.8, 4) is 0 Å². The topological polar surface area (TPSA) is 85.8 Å². The number of imidazole rings is 1. The Labute approximate surface area is 94.9 Å². The molecule has 0 bridgehead atoms. The van der Waals surface area contributed by atoms with Gasteiger partial charge in [-0.2, -0.15) is 9.89 Å². The summed E-state index contributed by atoms with van der Waals surface area (Å²) in [6, 6.07) is 1.71. The van der Waals surface area contributed by atoms with Crippen LogP contribution in [0.5, 0.6) is 0 Å². The average Bonchev–Trinajstić information content (AvgIpc) is 2.96. The van der Waals surface area contributed by atoms with E-state index in [0.717, 1.165) is 0 Å². The van der Waals surface area contributed by atoms with Crippen LogP contribution in [0.2, 0.25) is 0 Å². The van der Waals surface area contributed by atoms with Crippen molar-refractivity contribution in [2.75, 3.05) is 0 Å². The minimum atomic E-state index is -1.09. The van der Waals surface area contributed by atoms with E-state index in [1.165, 1.54) is 17.3 Å². The molecule has 3 heterocycles. The predicted molar refractivity (Wildman–Crippen MR) is 57.5 cm³/mol. The zero-order valence-electron chi connectivity index (χ0n) is 8.56. The maximum Gasteiger partial charge on any atom is 0.356 e. The summed E-state index contributed by atoms with van der Waals surface area (Å²) >= 11 is 0. The van der Waals surface area contributed by atoms with Gasteiger partial charge in [-0.25, -0.2) is 19.4 Å². The number of carboxylic acids is 1. The summed E-state index contributed by atoms with van der Waals surface area (Å²) in [5.74, 6) is -1.09. The predicted octanol–water partition coefficient (Wildman–Crippen LogP) is 0.637. The first kappa shape index (κ1) is 9.52. The molecule has 7 heteroatoms. The standard InChI is InChI=1S/C10H7N5O2/c16-10(17)8-9-7(1-2-12-8)5-13-15(9)14-4-3-11-6-14/h1-6H,(H,16,17). The lowest BCUT2D eigenvalue weighted by Crippen LogP contribution is -2.12. The molecule has 3 rings (SSSR count). The third-order valence-electron chi connectivity index (χ3n) is 2.37. The smallest absolute Gasteiger partial charge is 0.356 e. The first-order chi connectivity index (χ1) is 8.27. The number of hydrogen-bond acceptors (Lipinski definition) is 4. The summed E-state index contributed by atoms with van der Waals surface area (Å²) in [5, 5.41) is 13.9. The van der Waals surface area contributed by atoms with Crippen LogP contribution in [0.15, 0.2) is 37.2 Å². The molecule has 3 aromatic heterocycles. The Kier molecular flexibility index (Phi) is 1.91. The number of aromatic nitrogens is 5. The first-order valence-electron chi connectivity index (χ1n) is 4.82. The molecular formula is C10H7N5O2. The van der Waals surface area contributed by atoms with Crippen molar-refractivity contribution in [1.29, 1.82) is 0 Å². The Morgan fingerprint density at radius 1 is 1.35 bits per heavy atom. The van der Waals surface area contributed by atoms with Crippen molar-refractivity contribution in [1.82, 2.24) is 24.5 Å². The van der Waals surface area contributed by atoms with E-state index in [4.69, 9.17) is 5.11 Å². The van der Waals surface area contributed by atoms with Gasteiger partial charge in [0.15, 0.2) is 5.69 Å². The van der Waals surface area contributed by atoms with Gasteiger partial charge in [-0.15, -0.1) is 0 Å². The second-order valence-electron chi connectivity index (χ2n) is 3.38. The third-order valence-corrected chi connectivity index (χ3v) is 2.37. The summed E-state index contributed by atoms with van der Waals surface area (Å²) in [7, 11) is 0. The summed E-state index contributed by atoms with van der Waals surface area (Å²) in [6.07, 6.45) is 7.83. The zero-order valence-corrected chi connectivity index (χ0v) is 8.56. The van der Waals surface area contributed by atoms with E-state index >= 15 is 0 Å². The Bertz CT molecular complexity index is 686. The number of aromatic carboxylic acids is 1. The number of carbonyl (C=O) groups is 1. The van der Waals surface area contributed by atoms with Crippen molar-refractivity contribution in [3.05, 3.63) is 42.9 Å². The second-order valence-corrected chi connectivity index (χ2v) is 3.38. The number of fused-ring (bicyclic) bond motifs is 1. The monoisotopic (exact) mass is 229 g/mol. The normalized spacial score (nSPS) is 10.8. The van der Waals surface area contributed by atoms with Crippen LogP contribution in [0.25, 0.3) is 10.9 Å². The van der Waals surface area contributed by atoms with Crippen LogP contribution in [0, 0.1) is 0 Å². The van der Waals surface area contributed by atoms with Gasteiger partial charge in [0.25, 0.3) is 0 Å². The first-order valence-corrected chi connectivity index (χ1v) is 4.82. The highest BCUT2D eigenvalue weighted by Gasteiger charge is 2.15. The van der Waals surface area contributed by atoms with Gasteiger partial charge in [0.1, 0.15) is 11.8 Å². The Hall–Kier alpha value is -2.70. The van der Waals surface area contributed by atoms with Gasteiger partial charge in [-0.1, -0.05) is 0 Å². The van der Waals surface area contributed by atoms with Gasteiger partial charge in [0.2, 0.25) is 0 Å². The maximum atomic E-state index is 11.1. The Balaban J connectivity index is 2.37. The highest BCUT2D eigenvalue weighted by atomic mass is 16.4. The quantitative estimate of drug-likeness (QED) is 0.696. The number of nitrogens with zero attached hydrogens (tertiary/aromatic N) is 5. The molecule has 0 radical (unpaired) electrons. The van der Waals surface area contributed by atoms with E-state index in [1.54, 1.807) is 29.3 Å². The van der Waals surface area contributed by atoms with E-state index in [1.807, 2.05) is 0 Å². The molecule has 0 saturated heterocycles. The van der Waals surface area contributed by atoms with E-state index in [-0.39, 0.29) is 5.69 Å². The van der Waals surface area contributed by atoms with Crippen molar-refractivity contribution >= 4 is 16.9 Å². The van der Waals surface area contributed by atoms with Crippen LogP contribution >= 0.6 is 0 Å². The molecular weight excluding hydrogens is 222 g/mol. The molecule has 3 aromatic rings. The molecule has 0 aliphatic rings. The molecule has 0 atom stereocenters. The van der Waals surface area contributed by atoms with E-state index in [0.29, 0.717) is 10.9 Å². The SMILES string of the molecule is O=C(O)c1nccc2cnn(-n3ccnc3)c12. The van der Waals surface area contributed by atoms with Crippen LogP contribution in [0.1, 0.15) is 10.5 Å². The largest absolute Gasteiger partial charge is 0.476 e. The number of hydrogen-bond donors (Lipinski definition) is 1. The molecule has 0 unspecified atom stereocenters. The fourth-order valence-electron chi connectivity index (χ4n) is 1.65. The average molecular weight is 229 g/mol. The Morgan fingerprint density at radius 3 is 2.94 bits per heavy atom. The van der Waals surface area contributed by atoms with Gasteiger partial charge in [0, 0.05) is 24.0 Å². The highest BCUT2D eigenvalue weighted by molar-refractivity contribution is 5.99. The molecule has 0 aromatic carbocycles. The lowest BCUT2D eigenvalue weighted by molar-refractivity contribution is 0.0692. The van der Waals surface area contributed by atoms with Crippen LogP contribution in [0.3, 0.4) is 0 Å². The van der Waals surface area contributed by atoms with Gasteiger partial charge >= 0.3 is 5.97 Å². The minimum absolute atomic E-state index is 0.0336. The van der Waals surface area contributed by atoms with Crippen LogP contribution < -0.4 is 0 Å². The van der Waals surface area contributed by atoms with Crippen molar-refractivity contribution in [3.63, 3.8) is 0 Å². The summed E-state index contributed by atoms with van der Waals surface area (Å²) in [5.41, 5.74) is 0.409. The fourth-order valence-corrected chi connectivity index (χ4v) is 1.65. The van der Waals surface area contributed by atoms with Crippen molar-refractivity contribution in [2.45, 2.75) is 0 Å². The molecule has 1 N–H and O–H groups in total. The molecule has 84 valence electrons. The van der Waals surface area contributed by atoms with E-state index in [2.05, 4.69) is 15.1 Å². The second kappa shape index (κ2) is 3.41. The van der Waals surface area contributed by atoms with Gasteiger partial charge in [-0.3, -0.25) is 0 Å². The van der Waals surface area contributed by atoms with E-state index in [9.17, 15) is 4.79 Å². The lowest BCUT2D eigenvalue weighted by atomic mass is 10.2. The van der Waals surface area contributed by atoms with Gasteiger partial charge in [0.05, 0.1) is 6.20 Å². The fraction of sp³-hybridized carbons (Fsp3) is 0. The molecule has 0 fully saturated rings. The number of rotatable bonds is 2. The van der Waals surface area contributed by atoms with Gasteiger partial charge in [-0.05, 0) is 6.07 Å². The van der Waals surface area contributed by atoms with Crippen molar-refractivity contribution < 1.29 is 9.90 Å². The summed E-state index contributed by atoms with van der Waals surface area (Å²) < 4.78 is 1.58. The number of carboxylic acid groups (broad SMARTS) is 1. The molecule has 0 amide bonds. The minimum Gasteiger partial charge on any atom is -0.476 e. The molecule has 0 aliphatic heterocycles. The molecule has 0 aliphatic carbocycles. The molecule has 0 spiro atoms. The molecule has 7 nitrogen and oxygen atoms in total. The summed E-state index contributed by atoms with van der Waals surface area (Å²) in [6.45, 7) is 0. The van der Waals surface area contributed by atoms with E-state index < -0.39 is 5.97 Å². The van der Waals surface area contributed by atoms with Gasteiger partial charge < -0.3 is 5.11 Å².